The number of rotatable bonds is 3. The van der Waals surface area contributed by atoms with Gasteiger partial charge in [0.25, 0.3) is 0 Å². The normalized spacial score (nSPS) is 11.3. The second-order valence-corrected chi connectivity index (χ2v) is 6.85. The van der Waals surface area contributed by atoms with E-state index in [2.05, 4.69) is 88.3 Å². The van der Waals surface area contributed by atoms with Gasteiger partial charge in [0.1, 0.15) is 0 Å². The minimum Gasteiger partial charge on any atom is -1.00 e. The van der Waals surface area contributed by atoms with Crippen LogP contribution in [-0.2, 0) is 6.54 Å². The predicted octanol–water partition coefficient (Wildman–Crippen LogP) is 2.54. The van der Waals surface area contributed by atoms with E-state index >= 15 is 0 Å². The number of thiazole rings is 1. The molecule has 0 atom stereocenters. The maximum Gasteiger partial charge on any atom is 0.190 e. The number of hydrogen-bond donors (Lipinski definition) is 0. The Morgan fingerprint density at radius 1 is 1.04 bits per heavy atom. The maximum atomic E-state index is 4.79. The molecular formula is C18H17Br2N2S-. The summed E-state index contributed by atoms with van der Waals surface area (Å²) >= 11 is 5.17. The summed E-state index contributed by atoms with van der Waals surface area (Å²) in [6, 6.07) is 16.7. The highest BCUT2D eigenvalue weighted by Crippen LogP contribution is 2.23. The van der Waals surface area contributed by atoms with Crippen LogP contribution < -0.4 is 21.8 Å². The summed E-state index contributed by atoms with van der Waals surface area (Å²) in [6.07, 6.45) is 0. The number of nitrogens with zero attached hydrogens (tertiary/aromatic N) is 2. The Hall–Kier alpha value is -1.17. The zero-order valence-electron chi connectivity index (χ0n) is 13.0. The van der Waals surface area contributed by atoms with Crippen LogP contribution in [-0.4, -0.2) is 4.57 Å². The van der Waals surface area contributed by atoms with E-state index in [4.69, 9.17) is 4.99 Å². The molecule has 0 aliphatic carbocycles. The third kappa shape index (κ3) is 4.22. The van der Waals surface area contributed by atoms with Crippen LogP contribution in [0.4, 0.5) is 5.69 Å². The number of aryl methyl sites for hydroxylation is 1. The van der Waals surface area contributed by atoms with Crippen LogP contribution in [0.2, 0.25) is 0 Å². The van der Waals surface area contributed by atoms with Crippen molar-refractivity contribution in [3.05, 3.63) is 68.7 Å². The third-order valence-electron chi connectivity index (χ3n) is 3.51. The van der Waals surface area contributed by atoms with Gasteiger partial charge >= 0.3 is 0 Å². The van der Waals surface area contributed by atoms with Crippen molar-refractivity contribution in [3.63, 3.8) is 0 Å². The van der Waals surface area contributed by atoms with Crippen LogP contribution >= 0.6 is 27.3 Å². The second kappa shape index (κ2) is 8.08. The first-order chi connectivity index (χ1) is 10.7. The van der Waals surface area contributed by atoms with Gasteiger partial charge in [-0.05, 0) is 43.7 Å². The van der Waals surface area contributed by atoms with Crippen LogP contribution in [0.3, 0.4) is 0 Å². The molecule has 1 heterocycles. The topological polar surface area (TPSA) is 17.3 Å². The second-order valence-electron chi connectivity index (χ2n) is 5.10. The zero-order valence-corrected chi connectivity index (χ0v) is 17.0. The molecule has 2 nitrogen and oxygen atoms in total. The van der Waals surface area contributed by atoms with Gasteiger partial charge in [0.15, 0.2) is 4.80 Å². The molecule has 3 rings (SSSR count). The van der Waals surface area contributed by atoms with E-state index in [0.29, 0.717) is 0 Å². The molecule has 5 heteroatoms. The van der Waals surface area contributed by atoms with Gasteiger partial charge in [0, 0.05) is 16.4 Å². The van der Waals surface area contributed by atoms with Crippen molar-refractivity contribution < 1.29 is 17.0 Å². The molecule has 0 amide bonds. The van der Waals surface area contributed by atoms with Gasteiger partial charge in [0.2, 0.25) is 0 Å². The summed E-state index contributed by atoms with van der Waals surface area (Å²) in [5, 5.41) is 2.18. The molecule has 120 valence electrons. The number of halogens is 2. The molecule has 0 bridgehead atoms. The van der Waals surface area contributed by atoms with Crippen molar-refractivity contribution in [2.75, 3.05) is 0 Å². The van der Waals surface area contributed by atoms with E-state index in [-0.39, 0.29) is 17.0 Å². The molecule has 2 aromatic carbocycles. The lowest BCUT2D eigenvalue weighted by molar-refractivity contribution is -0.00000437. The largest absolute Gasteiger partial charge is 1.00 e. The van der Waals surface area contributed by atoms with Gasteiger partial charge in [-0.25, -0.2) is 4.99 Å². The first-order valence-electron chi connectivity index (χ1n) is 7.23. The molecule has 0 saturated heterocycles. The lowest BCUT2D eigenvalue weighted by Crippen LogP contribution is -3.00. The quantitative estimate of drug-likeness (QED) is 0.581. The van der Waals surface area contributed by atoms with Gasteiger partial charge in [-0.2, -0.15) is 0 Å². The number of aromatic nitrogens is 1. The molecule has 0 unspecified atom stereocenters. The van der Waals surface area contributed by atoms with E-state index in [0.717, 1.165) is 21.5 Å². The van der Waals surface area contributed by atoms with E-state index in [1.807, 2.05) is 0 Å². The molecule has 0 aliphatic rings. The average Bonchev–Trinajstić information content (AvgIpc) is 2.93. The Labute approximate surface area is 159 Å². The third-order valence-corrected chi connectivity index (χ3v) is 4.90. The molecule has 0 N–H and O–H groups in total. The van der Waals surface area contributed by atoms with Crippen molar-refractivity contribution >= 4 is 33.0 Å². The van der Waals surface area contributed by atoms with Crippen molar-refractivity contribution in [1.29, 1.82) is 0 Å². The highest BCUT2D eigenvalue weighted by Gasteiger charge is 2.06. The average molecular weight is 453 g/mol. The van der Waals surface area contributed by atoms with Crippen LogP contribution in [0.15, 0.2) is 63.4 Å². The predicted molar refractivity (Wildman–Crippen MR) is 97.5 cm³/mol. The Bertz CT molecular complexity index is 831. The molecule has 23 heavy (non-hydrogen) atoms. The number of hydrogen-bond acceptors (Lipinski definition) is 2. The van der Waals surface area contributed by atoms with Crippen molar-refractivity contribution in [3.8, 4) is 11.3 Å². The molecule has 0 spiro atoms. The monoisotopic (exact) mass is 451 g/mol. The molecular weight excluding hydrogens is 436 g/mol. The van der Waals surface area contributed by atoms with E-state index in [1.165, 1.54) is 16.8 Å². The summed E-state index contributed by atoms with van der Waals surface area (Å²) in [7, 11) is 0. The van der Waals surface area contributed by atoms with E-state index < -0.39 is 0 Å². The number of benzene rings is 2. The molecule has 1 aromatic heterocycles. The fourth-order valence-corrected chi connectivity index (χ4v) is 3.56. The fraction of sp³-hybridized carbons (Fsp3) is 0.167. The summed E-state index contributed by atoms with van der Waals surface area (Å²) in [5.74, 6) is 0. The highest BCUT2D eigenvalue weighted by molar-refractivity contribution is 9.10. The van der Waals surface area contributed by atoms with E-state index in [1.54, 1.807) is 11.3 Å². The van der Waals surface area contributed by atoms with E-state index in [9.17, 15) is 0 Å². The lowest BCUT2D eigenvalue weighted by atomic mass is 10.2. The standard InChI is InChI=1S/C18H17BrN2S.BrH/c1-3-21-17(14-6-8-15(19)9-7-14)12-22-18(21)20-16-10-4-13(2)5-11-16;/h4-12H,3H2,1-2H3;1H/p-1. The van der Waals surface area contributed by atoms with Crippen molar-refractivity contribution in [1.82, 2.24) is 4.57 Å². The van der Waals surface area contributed by atoms with Crippen LogP contribution in [0, 0.1) is 6.92 Å². The lowest BCUT2D eigenvalue weighted by Gasteiger charge is -2.06. The minimum atomic E-state index is 0. The molecule has 0 fully saturated rings. The smallest absolute Gasteiger partial charge is 0.190 e. The first kappa shape index (κ1) is 18.2. The van der Waals surface area contributed by atoms with Crippen LogP contribution in [0.1, 0.15) is 12.5 Å². The van der Waals surface area contributed by atoms with Crippen LogP contribution in [0.25, 0.3) is 11.3 Å². The van der Waals surface area contributed by atoms with Gasteiger partial charge in [-0.3, -0.25) is 0 Å². The SMILES string of the molecule is CCn1c(-c2ccc(Br)cc2)csc1=Nc1ccc(C)cc1.[Br-]. The summed E-state index contributed by atoms with van der Waals surface area (Å²) < 4.78 is 3.35. The minimum absolute atomic E-state index is 0. The maximum absolute atomic E-state index is 4.79. The first-order valence-corrected chi connectivity index (χ1v) is 8.90. The Morgan fingerprint density at radius 2 is 1.70 bits per heavy atom. The summed E-state index contributed by atoms with van der Waals surface area (Å²) in [5.41, 5.74) is 4.68. The van der Waals surface area contributed by atoms with Crippen LogP contribution in [0.5, 0.6) is 0 Å². The molecule has 0 saturated carbocycles. The fourth-order valence-electron chi connectivity index (χ4n) is 2.31. The Morgan fingerprint density at radius 3 is 2.30 bits per heavy atom. The van der Waals surface area contributed by atoms with Gasteiger partial charge in [0.05, 0.1) is 11.4 Å². The van der Waals surface area contributed by atoms with Gasteiger partial charge in [-0.1, -0.05) is 45.8 Å². The zero-order chi connectivity index (χ0) is 15.5. The molecule has 3 aromatic rings. The summed E-state index contributed by atoms with van der Waals surface area (Å²) in [4.78, 5) is 5.82. The molecule has 0 radical (unpaired) electrons. The van der Waals surface area contributed by atoms with Gasteiger partial charge in [-0.15, -0.1) is 11.3 Å². The van der Waals surface area contributed by atoms with Crippen molar-refractivity contribution in [2.45, 2.75) is 20.4 Å². The summed E-state index contributed by atoms with van der Waals surface area (Å²) in [6.45, 7) is 5.15. The van der Waals surface area contributed by atoms with Gasteiger partial charge < -0.3 is 21.5 Å². The Balaban J connectivity index is 0.00000192. The molecule has 0 aliphatic heterocycles. The Kier molecular flexibility index (Phi) is 6.39. The van der Waals surface area contributed by atoms with Crippen molar-refractivity contribution in [2.24, 2.45) is 4.99 Å². The highest BCUT2D eigenvalue weighted by atomic mass is 79.9.